The van der Waals surface area contributed by atoms with Gasteiger partial charge in [-0.15, -0.1) is 5.11 Å². The van der Waals surface area contributed by atoms with Crippen molar-refractivity contribution in [1.82, 2.24) is 0 Å². The normalized spacial score (nSPS) is 15.6. The first-order valence-electron chi connectivity index (χ1n) is 5.26. The van der Waals surface area contributed by atoms with Gasteiger partial charge in [-0.3, -0.25) is 0 Å². The van der Waals surface area contributed by atoms with E-state index in [-0.39, 0.29) is 0 Å². The second kappa shape index (κ2) is 3.99. The van der Waals surface area contributed by atoms with Gasteiger partial charge in [0.05, 0.1) is 31.4 Å². The summed E-state index contributed by atoms with van der Waals surface area (Å²) in [5, 5.41) is 0.206. The van der Waals surface area contributed by atoms with E-state index in [1.165, 1.54) is 0 Å². The van der Waals surface area contributed by atoms with E-state index in [2.05, 4.69) is 0 Å². The topological polar surface area (TPSA) is 26.0 Å². The molecule has 74 valence electrons. The molecule has 0 fully saturated rings. The monoisotopic (exact) mass is 211 g/mol. The summed E-state index contributed by atoms with van der Waals surface area (Å²) < 4.78 is 0. The molecule has 0 amide bonds. The number of benzene rings is 2. The van der Waals surface area contributed by atoms with Crippen LogP contribution in [0.5, 0.6) is 0 Å². The van der Waals surface area contributed by atoms with Crippen molar-refractivity contribution in [3.05, 3.63) is 48.0 Å². The van der Waals surface area contributed by atoms with E-state index in [0.29, 0.717) is 5.56 Å². The lowest BCUT2D eigenvalue weighted by Gasteiger charge is -2.42. The lowest BCUT2D eigenvalue weighted by atomic mass is 9.30. The van der Waals surface area contributed by atoms with E-state index in [1.807, 2.05) is 36.4 Å². The molecule has 0 spiro atoms. The zero-order valence-electron chi connectivity index (χ0n) is 9.43. The van der Waals surface area contributed by atoms with Gasteiger partial charge >= 0.3 is 0 Å². The van der Waals surface area contributed by atoms with Crippen LogP contribution in [-0.2, 0) is 5.44 Å². The highest BCUT2D eigenvalue weighted by atomic mass is 14.7. The van der Waals surface area contributed by atoms with E-state index < -0.39 is 10.6 Å². The molecule has 5 heteroatoms. The predicted octanol–water partition coefficient (Wildman–Crippen LogP) is 0.699. The summed E-state index contributed by atoms with van der Waals surface area (Å²) in [4.78, 5) is 0. The summed E-state index contributed by atoms with van der Waals surface area (Å²) in [6, 6.07) is 13.3. The average Bonchev–Trinajstić information content (AvgIpc) is 2.26. The molecule has 1 atom stereocenters. The minimum Gasteiger partial charge on any atom is -0.331 e. The van der Waals surface area contributed by atoms with Crippen molar-refractivity contribution < 1.29 is 0 Å². The van der Waals surface area contributed by atoms with E-state index in [9.17, 15) is 0 Å². The van der Waals surface area contributed by atoms with Gasteiger partial charge in [-0.2, -0.15) is 0 Å². The number of hydrogen-bond acceptors (Lipinski definition) is 1. The Kier molecular flexibility index (Phi) is 2.90. The lowest BCUT2D eigenvalue weighted by molar-refractivity contribution is 0.652. The Morgan fingerprint density at radius 1 is 0.824 bits per heavy atom. The fraction of sp³-hybridized carbons (Fsp3) is 0.167. The van der Waals surface area contributed by atoms with Crippen LogP contribution in [0, 0.1) is 0 Å². The van der Waals surface area contributed by atoms with Gasteiger partial charge in [0.2, 0.25) is 0 Å². The van der Waals surface area contributed by atoms with E-state index in [1.54, 1.807) is 6.07 Å². The first kappa shape index (κ1) is 12.4. The Morgan fingerprint density at radius 3 is 2.06 bits per heavy atom. The fourth-order valence-corrected chi connectivity index (χ4v) is 1.82. The van der Waals surface area contributed by atoms with Crippen molar-refractivity contribution in [2.24, 2.45) is 5.73 Å². The first-order valence-corrected chi connectivity index (χ1v) is 5.26. The third-order valence-electron chi connectivity index (χ3n) is 2.95. The number of hydrogen-bond donors (Lipinski definition) is 1. The fourth-order valence-electron chi connectivity index (χ4n) is 1.82. The van der Waals surface area contributed by atoms with Crippen LogP contribution in [0.25, 0.3) is 10.8 Å². The lowest BCUT2D eigenvalue weighted by Crippen LogP contribution is -2.50. The van der Waals surface area contributed by atoms with Crippen molar-refractivity contribution in [2.75, 3.05) is 0 Å². The molecule has 0 aromatic heterocycles. The predicted molar refractivity (Wildman–Crippen MR) is 75.5 cm³/mol. The van der Waals surface area contributed by atoms with Crippen LogP contribution in [0.15, 0.2) is 42.5 Å². The summed E-state index contributed by atoms with van der Waals surface area (Å²) in [7, 11) is 22.9. The molecule has 2 rings (SSSR count). The summed E-state index contributed by atoms with van der Waals surface area (Å²) in [6.07, 6.45) is 0. The first-order chi connectivity index (χ1) is 7.84. The SMILES string of the molecule is [B]C([B])([B])C([B])(N)c1cccc2ccccc12. The summed E-state index contributed by atoms with van der Waals surface area (Å²) in [6.45, 7) is 0. The van der Waals surface area contributed by atoms with Gasteiger partial charge in [-0.1, -0.05) is 42.5 Å². The third-order valence-corrected chi connectivity index (χ3v) is 2.95. The van der Waals surface area contributed by atoms with Gasteiger partial charge in [-0.05, 0) is 21.8 Å². The highest BCUT2D eigenvalue weighted by Crippen LogP contribution is 2.36. The maximum atomic E-state index is 5.98. The molecule has 1 nitrogen and oxygen atoms in total. The smallest absolute Gasteiger partial charge is 0.0994 e. The van der Waals surface area contributed by atoms with Gasteiger partial charge in [0.15, 0.2) is 0 Å². The van der Waals surface area contributed by atoms with Crippen molar-refractivity contribution in [3.8, 4) is 0 Å². The molecule has 0 bridgehead atoms. The Bertz CT molecular complexity index is 540. The molecule has 2 aromatic rings. The molecule has 2 aromatic carbocycles. The van der Waals surface area contributed by atoms with Crippen LogP contribution in [-0.4, -0.2) is 31.4 Å². The van der Waals surface area contributed by atoms with Crippen LogP contribution < -0.4 is 5.73 Å². The second-order valence-electron chi connectivity index (χ2n) is 4.33. The molecule has 0 aliphatic heterocycles. The van der Waals surface area contributed by atoms with Gasteiger partial charge < -0.3 is 5.73 Å². The minimum atomic E-state index is -1.70. The summed E-state index contributed by atoms with van der Waals surface area (Å²) in [5.74, 6) is 0. The Morgan fingerprint density at radius 2 is 1.41 bits per heavy atom. The molecule has 0 saturated heterocycles. The molecular formula is C12H9B4N. The van der Waals surface area contributed by atoms with Crippen molar-refractivity contribution in [2.45, 2.75) is 10.6 Å². The van der Waals surface area contributed by atoms with Gasteiger partial charge in [0, 0.05) is 0 Å². The molecule has 1 unspecified atom stereocenters. The second-order valence-corrected chi connectivity index (χ2v) is 4.33. The van der Waals surface area contributed by atoms with Crippen LogP contribution in [0.4, 0.5) is 0 Å². The van der Waals surface area contributed by atoms with Gasteiger partial charge in [0.25, 0.3) is 0 Å². The largest absolute Gasteiger partial charge is 0.331 e. The van der Waals surface area contributed by atoms with Crippen LogP contribution in [0.2, 0.25) is 5.11 Å². The number of rotatable bonds is 2. The maximum Gasteiger partial charge on any atom is 0.0994 e. The average molecular weight is 210 g/mol. The maximum absolute atomic E-state index is 5.98. The number of fused-ring (bicyclic) bond motifs is 1. The summed E-state index contributed by atoms with van der Waals surface area (Å²) in [5.41, 5.74) is 5.11. The zero-order chi connectivity index (χ0) is 12.7. The van der Waals surface area contributed by atoms with Gasteiger partial charge in [-0.25, -0.2) is 0 Å². The zero-order valence-corrected chi connectivity index (χ0v) is 9.43. The van der Waals surface area contributed by atoms with Crippen molar-refractivity contribution in [3.63, 3.8) is 0 Å². The van der Waals surface area contributed by atoms with E-state index >= 15 is 0 Å². The molecule has 8 radical (unpaired) electrons. The standard InChI is InChI=1S/C12H9B4N/c13-11(17,12(14,15)16)10-7-3-5-8-4-1-2-6-9(8)10/h1-7H,17H2. The Hall–Kier alpha value is -1.08. The third kappa shape index (κ3) is 2.04. The van der Waals surface area contributed by atoms with Crippen LogP contribution >= 0.6 is 0 Å². The van der Waals surface area contributed by atoms with E-state index in [4.69, 9.17) is 37.1 Å². The molecule has 2 N–H and O–H groups in total. The van der Waals surface area contributed by atoms with Crippen molar-refractivity contribution >= 4 is 42.2 Å². The molecule has 17 heavy (non-hydrogen) atoms. The van der Waals surface area contributed by atoms with E-state index in [0.717, 1.165) is 10.8 Å². The number of nitrogens with two attached hydrogens (primary N) is 1. The van der Waals surface area contributed by atoms with Gasteiger partial charge in [0.1, 0.15) is 0 Å². The molecular weight excluding hydrogens is 201 g/mol. The van der Waals surface area contributed by atoms with Crippen LogP contribution in [0.3, 0.4) is 0 Å². The van der Waals surface area contributed by atoms with Crippen LogP contribution in [0.1, 0.15) is 5.56 Å². The quantitative estimate of drug-likeness (QED) is 0.726. The highest BCUT2D eigenvalue weighted by Gasteiger charge is 2.33. The highest BCUT2D eigenvalue weighted by molar-refractivity contribution is 6.62. The molecule has 0 aliphatic carbocycles. The Labute approximate surface area is 107 Å². The molecule has 0 saturated carbocycles. The molecule has 0 aliphatic rings. The minimum absolute atomic E-state index is 0.628. The Balaban J connectivity index is 2.72. The summed E-state index contributed by atoms with van der Waals surface area (Å²) >= 11 is 0. The molecule has 0 heterocycles. The van der Waals surface area contributed by atoms with Crippen molar-refractivity contribution in [1.29, 1.82) is 0 Å².